The van der Waals surface area contributed by atoms with Crippen LogP contribution in [0.25, 0.3) is 0 Å². The van der Waals surface area contributed by atoms with Gasteiger partial charge in [-0.1, -0.05) is 50.6 Å². The number of esters is 1. The minimum atomic E-state index is -2.06. The average molecular weight is 355 g/mol. The van der Waals surface area contributed by atoms with Crippen molar-refractivity contribution in [3.05, 3.63) is 47.5 Å². The molecule has 0 saturated carbocycles. The molecule has 0 bridgehead atoms. The normalized spacial score (nSPS) is 14.9. The maximum Gasteiger partial charge on any atom is 0.316 e. The van der Waals surface area contributed by atoms with Gasteiger partial charge in [0, 0.05) is 5.02 Å². The van der Waals surface area contributed by atoms with Crippen molar-refractivity contribution < 1.29 is 14.0 Å². The fourth-order valence-electron chi connectivity index (χ4n) is 2.03. The highest BCUT2D eigenvalue weighted by atomic mass is 35.5. The summed E-state index contributed by atoms with van der Waals surface area (Å²) in [6.07, 6.45) is 1.25. The summed E-state index contributed by atoms with van der Waals surface area (Å²) in [6, 6.07) is 7.18. The molecule has 0 N–H and O–H groups in total. The zero-order valence-electron chi connectivity index (χ0n) is 14.9. The van der Waals surface area contributed by atoms with Crippen molar-refractivity contribution in [3.8, 4) is 0 Å². The van der Waals surface area contributed by atoms with E-state index in [1.54, 1.807) is 18.2 Å². The van der Waals surface area contributed by atoms with Crippen molar-refractivity contribution in [2.45, 2.75) is 50.9 Å². The molecule has 0 fully saturated rings. The third-order valence-corrected chi connectivity index (χ3v) is 9.21. The van der Waals surface area contributed by atoms with Crippen molar-refractivity contribution >= 4 is 25.9 Å². The van der Waals surface area contributed by atoms with Crippen molar-refractivity contribution in [2.75, 3.05) is 7.11 Å². The minimum Gasteiger partial charge on any atom is -0.468 e. The lowest BCUT2D eigenvalue weighted by atomic mass is 9.93. The summed E-state index contributed by atoms with van der Waals surface area (Å²) in [5.74, 6) is -0.889. The van der Waals surface area contributed by atoms with E-state index < -0.39 is 20.3 Å². The molecule has 0 amide bonds. The van der Waals surface area contributed by atoms with Gasteiger partial charge in [-0.15, -0.1) is 6.58 Å². The first kappa shape index (κ1) is 19.9. The number of methoxy groups -OCH3 is 1. The Balaban J connectivity index is 3.20. The van der Waals surface area contributed by atoms with Gasteiger partial charge in [-0.05, 0) is 35.8 Å². The van der Waals surface area contributed by atoms with Crippen LogP contribution in [0.5, 0.6) is 0 Å². The molecule has 0 heterocycles. The molecule has 0 radical (unpaired) electrons. The summed E-state index contributed by atoms with van der Waals surface area (Å²) in [5, 5.41) is 0.660. The van der Waals surface area contributed by atoms with E-state index in [9.17, 15) is 4.79 Å². The van der Waals surface area contributed by atoms with Crippen LogP contribution in [0.4, 0.5) is 0 Å². The Bertz CT molecular complexity index is 546. The van der Waals surface area contributed by atoms with E-state index in [4.69, 9.17) is 20.8 Å². The Kier molecular flexibility index (Phi) is 6.63. The fraction of sp³-hybridized carbons (Fsp3) is 0.500. The maximum absolute atomic E-state index is 12.4. The number of carbonyl (C=O) groups excluding carboxylic acids is 1. The van der Waals surface area contributed by atoms with Gasteiger partial charge in [0.2, 0.25) is 0 Å². The van der Waals surface area contributed by atoms with Crippen LogP contribution in [0.2, 0.25) is 23.2 Å². The molecule has 0 aliphatic rings. The van der Waals surface area contributed by atoms with Crippen LogP contribution >= 0.6 is 11.6 Å². The molecule has 5 heteroatoms. The number of rotatable bonds is 6. The third kappa shape index (κ3) is 4.93. The van der Waals surface area contributed by atoms with Crippen LogP contribution < -0.4 is 0 Å². The lowest BCUT2D eigenvalue weighted by molar-refractivity contribution is -0.144. The molecule has 0 aliphatic heterocycles. The van der Waals surface area contributed by atoms with Gasteiger partial charge in [-0.25, -0.2) is 0 Å². The number of benzene rings is 1. The molecule has 3 nitrogen and oxygen atoms in total. The van der Waals surface area contributed by atoms with Gasteiger partial charge in [0.05, 0.1) is 13.2 Å². The summed E-state index contributed by atoms with van der Waals surface area (Å²) in [4.78, 5) is 12.4. The largest absolute Gasteiger partial charge is 0.468 e. The average Bonchev–Trinajstić information content (AvgIpc) is 2.46. The van der Waals surface area contributed by atoms with Gasteiger partial charge < -0.3 is 9.16 Å². The van der Waals surface area contributed by atoms with Gasteiger partial charge in [0.1, 0.15) is 5.92 Å². The summed E-state index contributed by atoms with van der Waals surface area (Å²) in [5.41, 5.74) is 0.810. The highest BCUT2D eigenvalue weighted by Gasteiger charge is 2.42. The first-order valence-corrected chi connectivity index (χ1v) is 11.0. The first-order valence-electron chi connectivity index (χ1n) is 7.67. The topological polar surface area (TPSA) is 35.5 Å². The Hall–Kier alpha value is -1.10. The van der Waals surface area contributed by atoms with E-state index >= 15 is 0 Å². The van der Waals surface area contributed by atoms with E-state index in [2.05, 4.69) is 40.4 Å². The van der Waals surface area contributed by atoms with E-state index in [1.165, 1.54) is 7.11 Å². The fourth-order valence-corrected chi connectivity index (χ4v) is 3.42. The Morgan fingerprint density at radius 1 is 1.26 bits per heavy atom. The predicted octanol–water partition coefficient (Wildman–Crippen LogP) is 5.17. The number of hydrogen-bond donors (Lipinski definition) is 0. The number of halogens is 1. The monoisotopic (exact) mass is 354 g/mol. The molecule has 0 spiro atoms. The predicted molar refractivity (Wildman–Crippen MR) is 98.5 cm³/mol. The number of carbonyl (C=O) groups is 1. The van der Waals surface area contributed by atoms with Crippen LogP contribution in [0.15, 0.2) is 36.9 Å². The summed E-state index contributed by atoms with van der Waals surface area (Å²) >= 11 is 5.95. The molecule has 2 atom stereocenters. The maximum atomic E-state index is 12.4. The van der Waals surface area contributed by atoms with E-state index in [0.29, 0.717) is 5.02 Å². The minimum absolute atomic E-state index is 0.0366. The molecule has 128 valence electrons. The smallest absolute Gasteiger partial charge is 0.316 e. The van der Waals surface area contributed by atoms with Gasteiger partial charge in [0.15, 0.2) is 8.32 Å². The SMILES string of the molecule is C=C[C@H](O[Si](C)(C)C(C)(C)C)[C@H](C(=O)OC)c1ccc(Cl)cc1. The molecule has 1 aromatic carbocycles. The van der Waals surface area contributed by atoms with E-state index in [0.717, 1.165) is 5.56 Å². The molecule has 23 heavy (non-hydrogen) atoms. The molecule has 1 aromatic rings. The van der Waals surface area contributed by atoms with Crippen molar-refractivity contribution in [1.29, 1.82) is 0 Å². The molecule has 1 rings (SSSR count). The zero-order valence-corrected chi connectivity index (χ0v) is 16.6. The molecule has 0 unspecified atom stereocenters. The molecular formula is C18H27ClO3Si. The van der Waals surface area contributed by atoms with E-state index in [1.807, 2.05) is 12.1 Å². The molecular weight excluding hydrogens is 328 g/mol. The molecule has 0 saturated heterocycles. The van der Waals surface area contributed by atoms with Crippen molar-refractivity contribution in [2.24, 2.45) is 0 Å². The third-order valence-electron chi connectivity index (χ3n) is 4.48. The zero-order chi connectivity index (χ0) is 17.8. The lowest BCUT2D eigenvalue weighted by Crippen LogP contribution is -2.46. The highest BCUT2D eigenvalue weighted by Crippen LogP contribution is 2.39. The Labute approximate surface area is 145 Å². The quantitative estimate of drug-likeness (QED) is 0.401. The van der Waals surface area contributed by atoms with Gasteiger partial charge in [0.25, 0.3) is 0 Å². The second-order valence-electron chi connectivity index (χ2n) is 7.13. The van der Waals surface area contributed by atoms with Crippen molar-refractivity contribution in [1.82, 2.24) is 0 Å². The summed E-state index contributed by atoms with van der Waals surface area (Å²) in [7, 11) is -0.673. The second-order valence-corrected chi connectivity index (χ2v) is 12.3. The van der Waals surface area contributed by atoms with Crippen LogP contribution in [0.1, 0.15) is 32.3 Å². The Morgan fingerprint density at radius 2 is 1.78 bits per heavy atom. The lowest BCUT2D eigenvalue weighted by Gasteiger charge is -2.40. The van der Waals surface area contributed by atoms with Gasteiger partial charge >= 0.3 is 5.97 Å². The molecule has 0 aromatic heterocycles. The number of hydrogen-bond acceptors (Lipinski definition) is 3. The number of ether oxygens (including phenoxy) is 1. The van der Waals surface area contributed by atoms with E-state index in [-0.39, 0.29) is 11.0 Å². The van der Waals surface area contributed by atoms with Gasteiger partial charge in [-0.2, -0.15) is 0 Å². The standard InChI is InChI=1S/C18H27ClO3Si/c1-8-15(22-23(6,7)18(2,3)4)16(17(20)21-5)13-9-11-14(19)12-10-13/h8-12,15-16H,1H2,2-7H3/t15-,16+/m0/s1. The Morgan fingerprint density at radius 3 is 2.17 bits per heavy atom. The summed E-state index contributed by atoms with van der Waals surface area (Å²) in [6.45, 7) is 14.7. The van der Waals surface area contributed by atoms with Gasteiger partial charge in [-0.3, -0.25) is 4.79 Å². The van der Waals surface area contributed by atoms with Crippen molar-refractivity contribution in [3.63, 3.8) is 0 Å². The van der Waals surface area contributed by atoms with Crippen LogP contribution in [0.3, 0.4) is 0 Å². The van der Waals surface area contributed by atoms with Crippen LogP contribution in [0, 0.1) is 0 Å². The second kappa shape index (κ2) is 7.64. The first-order chi connectivity index (χ1) is 10.5. The van der Waals surface area contributed by atoms with Crippen LogP contribution in [-0.4, -0.2) is 27.5 Å². The highest BCUT2D eigenvalue weighted by molar-refractivity contribution is 6.74. The molecule has 0 aliphatic carbocycles. The summed E-state index contributed by atoms with van der Waals surface area (Å²) < 4.78 is 11.4. The van der Waals surface area contributed by atoms with Crippen LogP contribution in [-0.2, 0) is 14.0 Å².